The lowest BCUT2D eigenvalue weighted by Gasteiger charge is -2.22. The second-order valence-electron chi connectivity index (χ2n) is 6.72. The van der Waals surface area contributed by atoms with E-state index in [0.717, 1.165) is 19.3 Å². The van der Waals surface area contributed by atoms with Crippen molar-refractivity contribution in [1.29, 1.82) is 0 Å². The Labute approximate surface area is 156 Å². The molecule has 7 nitrogen and oxygen atoms in total. The first kappa shape index (κ1) is 20.2. The molecule has 0 radical (unpaired) electrons. The van der Waals surface area contributed by atoms with Gasteiger partial charge in [0.15, 0.2) is 0 Å². The predicted molar refractivity (Wildman–Crippen MR) is 97.1 cm³/mol. The highest BCUT2D eigenvalue weighted by Gasteiger charge is 2.23. The summed E-state index contributed by atoms with van der Waals surface area (Å²) in [5.74, 6) is -0.844. The number of carboxylic acids is 1. The number of nitro groups is 1. The number of amides is 1. The van der Waals surface area contributed by atoms with Gasteiger partial charge in [0.25, 0.3) is 5.69 Å². The highest BCUT2D eigenvalue weighted by atomic mass is 35.5. The monoisotopic (exact) mass is 382 g/mol. The van der Waals surface area contributed by atoms with Crippen LogP contribution in [0.5, 0.6) is 0 Å². The van der Waals surface area contributed by atoms with Gasteiger partial charge in [-0.1, -0.05) is 43.7 Å². The minimum atomic E-state index is -1.12. The predicted octanol–water partition coefficient (Wildman–Crippen LogP) is 4.24. The van der Waals surface area contributed by atoms with Crippen molar-refractivity contribution in [3.8, 4) is 0 Å². The van der Waals surface area contributed by atoms with Gasteiger partial charge in [0.1, 0.15) is 0 Å². The summed E-state index contributed by atoms with van der Waals surface area (Å²) >= 11 is 6.09. The molecule has 1 aliphatic carbocycles. The average molecular weight is 383 g/mol. The standard InChI is InChI=1S/C18H23ClN2O5/c19-15-8-7-13(21(25)26)10-14(15)16(11-18(23)24)20-17(22)9-6-12-4-2-1-3-5-12/h7-8,10,12,16H,1-6,9,11H2,(H,20,22)(H,23,24)/t16-/m1/s1. The summed E-state index contributed by atoms with van der Waals surface area (Å²) in [5, 5.41) is 23.0. The molecule has 1 aromatic carbocycles. The quantitative estimate of drug-likeness (QED) is 0.516. The molecule has 1 amide bonds. The highest BCUT2D eigenvalue weighted by Crippen LogP contribution is 2.30. The molecule has 0 unspecified atom stereocenters. The van der Waals surface area contributed by atoms with Gasteiger partial charge in [-0.05, 0) is 18.4 Å². The molecule has 1 saturated carbocycles. The number of carbonyl (C=O) groups excluding carboxylic acids is 1. The molecule has 0 aromatic heterocycles. The van der Waals surface area contributed by atoms with Gasteiger partial charge in [0, 0.05) is 29.1 Å². The molecule has 142 valence electrons. The summed E-state index contributed by atoms with van der Waals surface area (Å²) < 4.78 is 0. The van der Waals surface area contributed by atoms with E-state index in [9.17, 15) is 19.7 Å². The number of nitro benzene ring substituents is 1. The van der Waals surface area contributed by atoms with E-state index >= 15 is 0 Å². The SMILES string of the molecule is O=C(O)C[C@@H](NC(=O)CCC1CCCCC1)c1cc([N+](=O)[O-])ccc1Cl. The maximum absolute atomic E-state index is 12.3. The fourth-order valence-corrected chi connectivity index (χ4v) is 3.65. The smallest absolute Gasteiger partial charge is 0.305 e. The van der Waals surface area contributed by atoms with Gasteiger partial charge in [-0.15, -0.1) is 0 Å². The Bertz CT molecular complexity index is 674. The molecule has 2 rings (SSSR count). The largest absolute Gasteiger partial charge is 0.481 e. The van der Waals surface area contributed by atoms with Crippen molar-refractivity contribution >= 4 is 29.2 Å². The lowest BCUT2D eigenvalue weighted by Crippen LogP contribution is -2.30. The van der Waals surface area contributed by atoms with E-state index in [1.807, 2.05) is 0 Å². The van der Waals surface area contributed by atoms with Crippen LogP contribution in [0.2, 0.25) is 5.02 Å². The molecule has 1 atom stereocenters. The van der Waals surface area contributed by atoms with Crippen LogP contribution in [0.1, 0.15) is 63.0 Å². The van der Waals surface area contributed by atoms with E-state index in [1.54, 1.807) is 0 Å². The van der Waals surface area contributed by atoms with Gasteiger partial charge in [0.2, 0.25) is 5.91 Å². The minimum absolute atomic E-state index is 0.189. The Kier molecular flexibility index (Phi) is 7.38. The first-order valence-corrected chi connectivity index (χ1v) is 9.19. The van der Waals surface area contributed by atoms with Crippen molar-refractivity contribution < 1.29 is 19.6 Å². The van der Waals surface area contributed by atoms with Crippen molar-refractivity contribution in [2.45, 2.75) is 57.4 Å². The molecule has 0 aliphatic heterocycles. The average Bonchev–Trinajstić information content (AvgIpc) is 2.60. The Morgan fingerprint density at radius 3 is 2.62 bits per heavy atom. The Hall–Kier alpha value is -2.15. The number of carbonyl (C=O) groups is 2. The van der Waals surface area contributed by atoms with Crippen LogP contribution in [-0.4, -0.2) is 21.9 Å². The Balaban J connectivity index is 2.06. The highest BCUT2D eigenvalue weighted by molar-refractivity contribution is 6.31. The van der Waals surface area contributed by atoms with Crippen LogP contribution < -0.4 is 5.32 Å². The van der Waals surface area contributed by atoms with Gasteiger partial charge in [-0.25, -0.2) is 0 Å². The molecule has 0 heterocycles. The molecule has 1 aliphatic rings. The number of carboxylic acid groups (broad SMARTS) is 1. The lowest BCUT2D eigenvalue weighted by atomic mass is 9.86. The molecule has 1 fully saturated rings. The summed E-state index contributed by atoms with van der Waals surface area (Å²) in [6, 6.07) is 2.91. The van der Waals surface area contributed by atoms with Crippen molar-refractivity contribution in [2.24, 2.45) is 5.92 Å². The zero-order valence-corrected chi connectivity index (χ0v) is 15.2. The second kappa shape index (κ2) is 9.52. The molecular weight excluding hydrogens is 360 g/mol. The molecule has 0 spiro atoms. The van der Waals surface area contributed by atoms with Crippen molar-refractivity contribution in [1.82, 2.24) is 5.32 Å². The minimum Gasteiger partial charge on any atom is -0.481 e. The van der Waals surface area contributed by atoms with E-state index in [1.165, 1.54) is 37.5 Å². The number of halogens is 1. The normalized spacial score (nSPS) is 16.0. The second-order valence-corrected chi connectivity index (χ2v) is 7.13. The van der Waals surface area contributed by atoms with Crippen LogP contribution >= 0.6 is 11.6 Å². The number of rotatable bonds is 8. The number of hydrogen-bond donors (Lipinski definition) is 2. The van der Waals surface area contributed by atoms with E-state index in [0.29, 0.717) is 12.3 Å². The third-order valence-corrected chi connectivity index (χ3v) is 5.13. The van der Waals surface area contributed by atoms with E-state index < -0.39 is 23.4 Å². The molecule has 1 aromatic rings. The number of nitrogens with one attached hydrogen (secondary N) is 1. The van der Waals surface area contributed by atoms with Crippen molar-refractivity contribution in [3.05, 3.63) is 38.9 Å². The van der Waals surface area contributed by atoms with Gasteiger partial charge < -0.3 is 10.4 Å². The van der Waals surface area contributed by atoms with Crippen molar-refractivity contribution in [2.75, 3.05) is 0 Å². The summed E-state index contributed by atoms with van der Waals surface area (Å²) in [6.45, 7) is 0. The summed E-state index contributed by atoms with van der Waals surface area (Å²) in [4.78, 5) is 33.9. The van der Waals surface area contributed by atoms with Crippen LogP contribution in [0, 0.1) is 16.0 Å². The number of non-ortho nitro benzene ring substituents is 1. The number of aliphatic carboxylic acids is 1. The maximum atomic E-state index is 12.3. The molecular formula is C18H23ClN2O5. The Morgan fingerprint density at radius 2 is 2.00 bits per heavy atom. The van der Waals surface area contributed by atoms with Crippen LogP contribution in [-0.2, 0) is 9.59 Å². The van der Waals surface area contributed by atoms with E-state index in [-0.39, 0.29) is 22.2 Å². The summed E-state index contributed by atoms with van der Waals surface area (Å²) in [7, 11) is 0. The first-order chi connectivity index (χ1) is 12.4. The van der Waals surface area contributed by atoms with Gasteiger partial charge in [0.05, 0.1) is 17.4 Å². The zero-order valence-electron chi connectivity index (χ0n) is 14.4. The third kappa shape index (κ3) is 5.98. The molecule has 0 saturated heterocycles. The summed E-state index contributed by atoms with van der Waals surface area (Å²) in [5.41, 5.74) is 0.0468. The number of nitrogens with zero attached hydrogens (tertiary/aromatic N) is 1. The molecule has 8 heteroatoms. The topological polar surface area (TPSA) is 110 Å². The van der Waals surface area contributed by atoms with Gasteiger partial charge in [-0.3, -0.25) is 19.7 Å². The fourth-order valence-electron chi connectivity index (χ4n) is 3.40. The molecule has 26 heavy (non-hydrogen) atoms. The fraction of sp³-hybridized carbons (Fsp3) is 0.556. The van der Waals surface area contributed by atoms with Crippen LogP contribution in [0.4, 0.5) is 5.69 Å². The molecule has 2 N–H and O–H groups in total. The van der Waals surface area contributed by atoms with E-state index in [4.69, 9.17) is 16.7 Å². The van der Waals surface area contributed by atoms with Crippen LogP contribution in [0.25, 0.3) is 0 Å². The van der Waals surface area contributed by atoms with Gasteiger partial charge >= 0.3 is 5.97 Å². The molecule has 0 bridgehead atoms. The number of benzene rings is 1. The van der Waals surface area contributed by atoms with Crippen LogP contribution in [0.3, 0.4) is 0 Å². The van der Waals surface area contributed by atoms with Gasteiger partial charge in [-0.2, -0.15) is 0 Å². The third-order valence-electron chi connectivity index (χ3n) is 4.78. The maximum Gasteiger partial charge on any atom is 0.305 e. The van der Waals surface area contributed by atoms with Crippen molar-refractivity contribution in [3.63, 3.8) is 0 Å². The van der Waals surface area contributed by atoms with E-state index in [2.05, 4.69) is 5.32 Å². The first-order valence-electron chi connectivity index (χ1n) is 8.82. The lowest BCUT2D eigenvalue weighted by molar-refractivity contribution is -0.384. The number of hydrogen-bond acceptors (Lipinski definition) is 4. The van der Waals surface area contributed by atoms with Crippen LogP contribution in [0.15, 0.2) is 18.2 Å². The Morgan fingerprint density at radius 1 is 1.31 bits per heavy atom. The summed E-state index contributed by atoms with van der Waals surface area (Å²) in [6.07, 6.45) is 6.58. The zero-order chi connectivity index (χ0) is 19.1.